The Morgan fingerprint density at radius 3 is 2.95 bits per heavy atom. The van der Waals surface area contributed by atoms with Crippen LogP contribution >= 0.6 is 0 Å². The van der Waals surface area contributed by atoms with Crippen molar-refractivity contribution in [3.63, 3.8) is 0 Å². The maximum Gasteiger partial charge on any atom is 0.260 e. The predicted octanol–water partition coefficient (Wildman–Crippen LogP) is 3.36. The fourth-order valence-electron chi connectivity index (χ4n) is 2.66. The standard InChI is InChI=1S/C14H16FN3O/c1-8-2-3-9(6-8)13-17-14(19-18-13)11-7-10(16)4-5-12(11)15/h4-5,7-9H,2-3,6,16H2,1H3. The molecule has 2 aromatic rings. The van der Waals surface area contributed by atoms with E-state index in [2.05, 4.69) is 17.1 Å². The molecule has 19 heavy (non-hydrogen) atoms. The van der Waals surface area contributed by atoms with E-state index in [1.165, 1.54) is 24.6 Å². The Labute approximate surface area is 110 Å². The van der Waals surface area contributed by atoms with Crippen molar-refractivity contribution in [2.24, 2.45) is 5.92 Å². The monoisotopic (exact) mass is 261 g/mol. The van der Waals surface area contributed by atoms with Crippen molar-refractivity contribution in [3.8, 4) is 11.5 Å². The first kappa shape index (κ1) is 12.1. The molecule has 0 aliphatic heterocycles. The van der Waals surface area contributed by atoms with Crippen molar-refractivity contribution in [1.82, 2.24) is 10.1 Å². The molecule has 1 saturated carbocycles. The van der Waals surface area contributed by atoms with E-state index in [1.54, 1.807) is 0 Å². The van der Waals surface area contributed by atoms with Gasteiger partial charge in [0.1, 0.15) is 5.82 Å². The molecule has 0 bridgehead atoms. The van der Waals surface area contributed by atoms with Gasteiger partial charge in [0.05, 0.1) is 5.56 Å². The number of anilines is 1. The Balaban J connectivity index is 1.90. The third-order valence-corrected chi connectivity index (χ3v) is 3.72. The van der Waals surface area contributed by atoms with Gasteiger partial charge in [-0.3, -0.25) is 0 Å². The van der Waals surface area contributed by atoms with Gasteiger partial charge in [-0.25, -0.2) is 4.39 Å². The summed E-state index contributed by atoms with van der Waals surface area (Å²) in [7, 11) is 0. The first-order valence-corrected chi connectivity index (χ1v) is 6.52. The Morgan fingerprint density at radius 2 is 2.21 bits per heavy atom. The molecule has 0 amide bonds. The van der Waals surface area contributed by atoms with E-state index in [0.29, 0.717) is 23.3 Å². The second-order valence-electron chi connectivity index (χ2n) is 5.31. The summed E-state index contributed by atoms with van der Waals surface area (Å²) in [6.07, 6.45) is 3.32. The molecule has 1 aliphatic rings. The van der Waals surface area contributed by atoms with E-state index in [4.69, 9.17) is 10.3 Å². The molecule has 2 atom stereocenters. The lowest BCUT2D eigenvalue weighted by molar-refractivity contribution is 0.413. The van der Waals surface area contributed by atoms with Crippen molar-refractivity contribution < 1.29 is 8.91 Å². The van der Waals surface area contributed by atoms with Gasteiger partial charge < -0.3 is 10.3 Å². The van der Waals surface area contributed by atoms with Crippen molar-refractivity contribution in [3.05, 3.63) is 29.8 Å². The Morgan fingerprint density at radius 1 is 1.37 bits per heavy atom. The highest BCUT2D eigenvalue weighted by Gasteiger charge is 2.27. The molecule has 0 saturated heterocycles. The third kappa shape index (κ3) is 2.32. The van der Waals surface area contributed by atoms with Gasteiger partial charge in [0.15, 0.2) is 5.82 Å². The highest BCUT2D eigenvalue weighted by molar-refractivity contribution is 5.60. The molecule has 2 unspecified atom stereocenters. The van der Waals surface area contributed by atoms with Crippen LogP contribution < -0.4 is 5.73 Å². The highest BCUT2D eigenvalue weighted by atomic mass is 19.1. The molecule has 1 heterocycles. The van der Waals surface area contributed by atoms with E-state index in [1.807, 2.05) is 0 Å². The Kier molecular flexibility index (Phi) is 2.97. The summed E-state index contributed by atoms with van der Waals surface area (Å²) >= 11 is 0. The van der Waals surface area contributed by atoms with Crippen LogP contribution in [0.2, 0.25) is 0 Å². The molecule has 1 aromatic heterocycles. The van der Waals surface area contributed by atoms with Crippen LogP contribution in [0.15, 0.2) is 22.7 Å². The summed E-state index contributed by atoms with van der Waals surface area (Å²) in [5.41, 5.74) is 6.40. The minimum absolute atomic E-state index is 0.208. The molecule has 1 aliphatic carbocycles. The number of halogens is 1. The quantitative estimate of drug-likeness (QED) is 0.842. The van der Waals surface area contributed by atoms with Crippen LogP contribution in [-0.4, -0.2) is 10.1 Å². The number of hydrogen-bond donors (Lipinski definition) is 1. The molecule has 100 valence electrons. The molecule has 2 N–H and O–H groups in total. The van der Waals surface area contributed by atoms with Crippen LogP contribution in [0.5, 0.6) is 0 Å². The van der Waals surface area contributed by atoms with Crippen molar-refractivity contribution in [2.45, 2.75) is 32.1 Å². The molecular weight excluding hydrogens is 245 g/mol. The number of hydrogen-bond acceptors (Lipinski definition) is 4. The third-order valence-electron chi connectivity index (χ3n) is 3.72. The van der Waals surface area contributed by atoms with Crippen LogP contribution in [-0.2, 0) is 0 Å². The minimum atomic E-state index is -0.399. The number of nitrogens with two attached hydrogens (primary N) is 1. The number of rotatable bonds is 2. The molecule has 1 fully saturated rings. The van der Waals surface area contributed by atoms with Gasteiger partial charge in [-0.1, -0.05) is 12.1 Å². The van der Waals surface area contributed by atoms with Crippen molar-refractivity contribution in [2.75, 3.05) is 5.73 Å². The summed E-state index contributed by atoms with van der Waals surface area (Å²) in [5, 5.41) is 3.99. The average molecular weight is 261 g/mol. The van der Waals surface area contributed by atoms with Crippen LogP contribution in [0.4, 0.5) is 10.1 Å². The summed E-state index contributed by atoms with van der Waals surface area (Å²) in [6.45, 7) is 2.22. The highest BCUT2D eigenvalue weighted by Crippen LogP contribution is 2.37. The second-order valence-corrected chi connectivity index (χ2v) is 5.31. The number of nitrogen functional groups attached to an aromatic ring is 1. The smallest absolute Gasteiger partial charge is 0.260 e. The average Bonchev–Trinajstić information content (AvgIpc) is 3.00. The summed E-state index contributed by atoms with van der Waals surface area (Å²) in [6, 6.07) is 4.34. The lowest BCUT2D eigenvalue weighted by atomic mass is 10.1. The van der Waals surface area contributed by atoms with Crippen LogP contribution in [0.1, 0.15) is 37.9 Å². The van der Waals surface area contributed by atoms with Gasteiger partial charge in [0.2, 0.25) is 0 Å². The first-order chi connectivity index (χ1) is 9.13. The Hall–Kier alpha value is -1.91. The maximum atomic E-state index is 13.7. The summed E-state index contributed by atoms with van der Waals surface area (Å²) < 4.78 is 18.9. The van der Waals surface area contributed by atoms with Crippen molar-refractivity contribution in [1.29, 1.82) is 0 Å². The van der Waals surface area contributed by atoms with Gasteiger partial charge in [0, 0.05) is 11.6 Å². The van der Waals surface area contributed by atoms with Gasteiger partial charge in [-0.2, -0.15) is 4.98 Å². The lowest BCUT2D eigenvalue weighted by Crippen LogP contribution is -1.96. The van der Waals surface area contributed by atoms with Gasteiger partial charge in [0.25, 0.3) is 5.89 Å². The first-order valence-electron chi connectivity index (χ1n) is 6.52. The molecular formula is C14H16FN3O. The molecule has 3 rings (SSSR count). The maximum absolute atomic E-state index is 13.7. The SMILES string of the molecule is CC1CCC(c2noc(-c3cc(N)ccc3F)n2)C1. The number of aromatic nitrogens is 2. The lowest BCUT2D eigenvalue weighted by Gasteiger charge is -2.02. The summed E-state index contributed by atoms with van der Waals surface area (Å²) in [5.74, 6) is 1.51. The zero-order valence-electron chi connectivity index (χ0n) is 10.8. The van der Waals surface area contributed by atoms with Crippen LogP contribution in [0, 0.1) is 11.7 Å². The van der Waals surface area contributed by atoms with Crippen molar-refractivity contribution >= 4 is 5.69 Å². The van der Waals surface area contributed by atoms with E-state index in [9.17, 15) is 4.39 Å². The van der Waals surface area contributed by atoms with E-state index in [-0.39, 0.29) is 11.5 Å². The molecule has 5 heteroatoms. The second kappa shape index (κ2) is 4.64. The van der Waals surface area contributed by atoms with E-state index >= 15 is 0 Å². The molecule has 4 nitrogen and oxygen atoms in total. The zero-order chi connectivity index (χ0) is 13.4. The van der Waals surface area contributed by atoms with E-state index in [0.717, 1.165) is 12.8 Å². The minimum Gasteiger partial charge on any atom is -0.399 e. The fourth-order valence-corrected chi connectivity index (χ4v) is 2.66. The van der Waals surface area contributed by atoms with Gasteiger partial charge >= 0.3 is 0 Å². The van der Waals surface area contributed by atoms with Crippen LogP contribution in [0.3, 0.4) is 0 Å². The molecule has 1 aromatic carbocycles. The number of benzene rings is 1. The van der Waals surface area contributed by atoms with Crippen LogP contribution in [0.25, 0.3) is 11.5 Å². The molecule has 0 spiro atoms. The largest absolute Gasteiger partial charge is 0.399 e. The van der Waals surface area contributed by atoms with E-state index < -0.39 is 5.82 Å². The Bertz CT molecular complexity index is 596. The molecule has 0 radical (unpaired) electrons. The van der Waals surface area contributed by atoms with Gasteiger partial charge in [-0.15, -0.1) is 0 Å². The summed E-state index contributed by atoms with van der Waals surface area (Å²) in [4.78, 5) is 4.33. The predicted molar refractivity (Wildman–Crippen MR) is 69.9 cm³/mol. The topological polar surface area (TPSA) is 64.9 Å². The fraction of sp³-hybridized carbons (Fsp3) is 0.429. The normalized spacial score (nSPS) is 22.8. The number of nitrogens with zero attached hydrogens (tertiary/aromatic N) is 2. The zero-order valence-corrected chi connectivity index (χ0v) is 10.8. The van der Waals surface area contributed by atoms with Gasteiger partial charge in [-0.05, 0) is 43.4 Å².